The van der Waals surface area contributed by atoms with Crippen molar-refractivity contribution in [2.24, 2.45) is 5.73 Å². The number of nitrogens with two attached hydrogens (primary N) is 1. The second kappa shape index (κ2) is 7.13. The van der Waals surface area contributed by atoms with Gasteiger partial charge in [-0.2, -0.15) is 0 Å². The summed E-state index contributed by atoms with van der Waals surface area (Å²) in [6, 6.07) is 3.68. The molecule has 5 heteroatoms. The summed E-state index contributed by atoms with van der Waals surface area (Å²) in [7, 11) is 0. The van der Waals surface area contributed by atoms with E-state index in [-0.39, 0.29) is 11.9 Å². The molecular weight excluding hydrogens is 300 g/mol. The van der Waals surface area contributed by atoms with E-state index in [1.54, 1.807) is 11.3 Å². The molecule has 1 heterocycles. The van der Waals surface area contributed by atoms with Crippen LogP contribution < -0.4 is 5.73 Å². The number of halogens is 1. The fourth-order valence-corrected chi connectivity index (χ4v) is 3.14. The molecular formula is C12H19BrN2OS. The van der Waals surface area contributed by atoms with Gasteiger partial charge in [-0.3, -0.25) is 4.79 Å². The number of likely N-dealkylation sites (N-methyl/N-ethyl adjacent to an activating group) is 1. The Morgan fingerprint density at radius 1 is 1.53 bits per heavy atom. The molecule has 1 unspecified atom stereocenters. The molecule has 0 aliphatic carbocycles. The summed E-state index contributed by atoms with van der Waals surface area (Å²) >= 11 is 5.08. The Kier molecular flexibility index (Phi) is 6.16. The van der Waals surface area contributed by atoms with Crippen LogP contribution in [0, 0.1) is 0 Å². The number of hydrogen-bond donors (Lipinski definition) is 1. The van der Waals surface area contributed by atoms with E-state index in [1.165, 1.54) is 4.88 Å². The normalized spacial score (nSPS) is 12.5. The Morgan fingerprint density at radius 3 is 2.71 bits per heavy atom. The predicted molar refractivity (Wildman–Crippen MR) is 76.0 cm³/mol. The molecule has 2 N–H and O–H groups in total. The molecule has 0 saturated carbocycles. The van der Waals surface area contributed by atoms with Gasteiger partial charge >= 0.3 is 0 Å². The van der Waals surface area contributed by atoms with Crippen molar-refractivity contribution in [3.8, 4) is 0 Å². The van der Waals surface area contributed by atoms with Crippen molar-refractivity contribution in [1.82, 2.24) is 4.90 Å². The Morgan fingerprint density at radius 2 is 2.24 bits per heavy atom. The van der Waals surface area contributed by atoms with Crippen molar-refractivity contribution in [1.29, 1.82) is 0 Å². The summed E-state index contributed by atoms with van der Waals surface area (Å²) < 4.78 is 1.09. The first-order valence-corrected chi connectivity index (χ1v) is 7.48. The summed E-state index contributed by atoms with van der Waals surface area (Å²) in [5, 5.41) is 0. The summed E-state index contributed by atoms with van der Waals surface area (Å²) in [4.78, 5) is 15.1. The molecule has 1 amide bonds. The molecule has 0 spiro atoms. The Bertz CT molecular complexity index is 367. The fraction of sp³-hybridized carbons (Fsp3) is 0.583. The zero-order valence-electron chi connectivity index (χ0n) is 10.3. The summed E-state index contributed by atoms with van der Waals surface area (Å²) in [5.74, 6) is 0.0545. The Labute approximate surface area is 115 Å². The number of carbonyl (C=O) groups is 1. The van der Waals surface area contributed by atoms with Gasteiger partial charge in [0.1, 0.15) is 0 Å². The average molecular weight is 319 g/mol. The highest BCUT2D eigenvalue weighted by Crippen LogP contribution is 2.23. The molecule has 1 aromatic rings. The molecule has 0 saturated heterocycles. The van der Waals surface area contributed by atoms with Crippen LogP contribution in [0.1, 0.15) is 31.6 Å². The van der Waals surface area contributed by atoms with Crippen molar-refractivity contribution >= 4 is 33.2 Å². The third kappa shape index (κ3) is 4.41. The lowest BCUT2D eigenvalue weighted by atomic mass is 10.1. The lowest BCUT2D eigenvalue weighted by Crippen LogP contribution is -2.43. The number of amides is 1. The first-order chi connectivity index (χ1) is 8.08. The molecule has 0 bridgehead atoms. The number of nitrogens with zero attached hydrogens (tertiary/aromatic N) is 1. The Hall–Kier alpha value is -0.390. The summed E-state index contributed by atoms with van der Waals surface area (Å²) in [6.07, 6.45) is 1.69. The summed E-state index contributed by atoms with van der Waals surface area (Å²) in [5.41, 5.74) is 5.87. The standard InChI is InChI=1S/C12H19BrN2OS/c1-3-5-10(14)12(16)15(4-2)8-9-6-7-11(13)17-9/h6-7,10H,3-5,8,14H2,1-2H3. The molecule has 1 rings (SSSR count). The van der Waals surface area contributed by atoms with Gasteiger partial charge in [0.15, 0.2) is 0 Å². The molecule has 96 valence electrons. The van der Waals surface area contributed by atoms with E-state index < -0.39 is 0 Å². The molecule has 1 atom stereocenters. The van der Waals surface area contributed by atoms with E-state index in [9.17, 15) is 4.79 Å². The number of hydrogen-bond acceptors (Lipinski definition) is 3. The first kappa shape index (κ1) is 14.7. The van der Waals surface area contributed by atoms with E-state index >= 15 is 0 Å². The van der Waals surface area contributed by atoms with Gasteiger partial charge in [-0.25, -0.2) is 0 Å². The molecule has 0 radical (unpaired) electrons. The number of thiophene rings is 1. The van der Waals surface area contributed by atoms with Crippen LogP contribution in [-0.4, -0.2) is 23.4 Å². The van der Waals surface area contributed by atoms with Crippen LogP contribution in [0.3, 0.4) is 0 Å². The largest absolute Gasteiger partial charge is 0.336 e. The lowest BCUT2D eigenvalue weighted by molar-refractivity contribution is -0.133. The minimum absolute atomic E-state index is 0.0545. The van der Waals surface area contributed by atoms with Crippen LogP contribution >= 0.6 is 27.3 Å². The van der Waals surface area contributed by atoms with Crippen molar-refractivity contribution in [2.45, 2.75) is 39.3 Å². The maximum atomic E-state index is 12.1. The molecule has 0 aromatic carbocycles. The Balaban J connectivity index is 2.62. The quantitative estimate of drug-likeness (QED) is 0.876. The highest BCUT2D eigenvalue weighted by Gasteiger charge is 2.19. The molecule has 17 heavy (non-hydrogen) atoms. The zero-order valence-corrected chi connectivity index (χ0v) is 12.7. The smallest absolute Gasteiger partial charge is 0.239 e. The third-order valence-corrected chi connectivity index (χ3v) is 4.19. The van der Waals surface area contributed by atoms with E-state index in [0.29, 0.717) is 13.1 Å². The van der Waals surface area contributed by atoms with Gasteiger partial charge in [0, 0.05) is 11.4 Å². The molecule has 0 aliphatic heterocycles. The second-order valence-electron chi connectivity index (χ2n) is 3.95. The van der Waals surface area contributed by atoms with Gasteiger partial charge in [0.05, 0.1) is 16.4 Å². The highest BCUT2D eigenvalue weighted by atomic mass is 79.9. The van der Waals surface area contributed by atoms with Gasteiger partial charge < -0.3 is 10.6 Å². The van der Waals surface area contributed by atoms with E-state index in [2.05, 4.69) is 15.9 Å². The van der Waals surface area contributed by atoms with Gasteiger partial charge in [-0.05, 0) is 41.4 Å². The van der Waals surface area contributed by atoms with Crippen LogP contribution in [0.2, 0.25) is 0 Å². The van der Waals surface area contributed by atoms with Crippen molar-refractivity contribution < 1.29 is 4.79 Å². The van der Waals surface area contributed by atoms with E-state index in [1.807, 2.05) is 30.9 Å². The van der Waals surface area contributed by atoms with Crippen LogP contribution in [0.15, 0.2) is 15.9 Å². The average Bonchev–Trinajstić information content (AvgIpc) is 2.71. The van der Waals surface area contributed by atoms with Gasteiger partial charge in [0.2, 0.25) is 5.91 Å². The third-order valence-electron chi connectivity index (χ3n) is 2.59. The maximum Gasteiger partial charge on any atom is 0.239 e. The number of rotatable bonds is 6. The minimum Gasteiger partial charge on any atom is -0.336 e. The molecule has 0 aliphatic rings. The predicted octanol–water partition coefficient (Wildman–Crippen LogP) is 2.99. The van der Waals surface area contributed by atoms with Crippen molar-refractivity contribution in [2.75, 3.05) is 6.54 Å². The number of carbonyl (C=O) groups excluding carboxylic acids is 1. The monoisotopic (exact) mass is 318 g/mol. The van der Waals surface area contributed by atoms with Gasteiger partial charge in [0.25, 0.3) is 0 Å². The van der Waals surface area contributed by atoms with Crippen LogP contribution in [0.4, 0.5) is 0 Å². The van der Waals surface area contributed by atoms with Gasteiger partial charge in [-0.15, -0.1) is 11.3 Å². The highest BCUT2D eigenvalue weighted by molar-refractivity contribution is 9.11. The maximum absolute atomic E-state index is 12.1. The van der Waals surface area contributed by atoms with Crippen LogP contribution in [-0.2, 0) is 11.3 Å². The zero-order chi connectivity index (χ0) is 12.8. The molecule has 3 nitrogen and oxygen atoms in total. The van der Waals surface area contributed by atoms with Crippen LogP contribution in [0.25, 0.3) is 0 Å². The lowest BCUT2D eigenvalue weighted by Gasteiger charge is -2.23. The molecule has 1 aromatic heterocycles. The minimum atomic E-state index is -0.358. The molecule has 0 fully saturated rings. The van der Waals surface area contributed by atoms with Crippen molar-refractivity contribution in [3.05, 3.63) is 20.8 Å². The van der Waals surface area contributed by atoms with Gasteiger partial charge in [-0.1, -0.05) is 13.3 Å². The van der Waals surface area contributed by atoms with E-state index in [0.717, 1.165) is 16.6 Å². The SMILES string of the molecule is CCCC(N)C(=O)N(CC)Cc1ccc(Br)s1. The fourth-order valence-electron chi connectivity index (χ4n) is 1.64. The van der Waals surface area contributed by atoms with Crippen LogP contribution in [0.5, 0.6) is 0 Å². The topological polar surface area (TPSA) is 46.3 Å². The van der Waals surface area contributed by atoms with Crippen molar-refractivity contribution in [3.63, 3.8) is 0 Å². The second-order valence-corrected chi connectivity index (χ2v) is 6.50. The summed E-state index contributed by atoms with van der Waals surface area (Å²) in [6.45, 7) is 5.38. The van der Waals surface area contributed by atoms with E-state index in [4.69, 9.17) is 5.73 Å². The first-order valence-electron chi connectivity index (χ1n) is 5.87.